The molecule has 0 spiro atoms. The molecule has 0 bridgehead atoms. The molecule has 0 aromatic carbocycles. The maximum atomic E-state index is 13.4. The van der Waals surface area contributed by atoms with E-state index in [0.29, 0.717) is 53.9 Å². The van der Waals surface area contributed by atoms with Crippen LogP contribution >= 0.6 is 0 Å². The van der Waals surface area contributed by atoms with E-state index in [1.807, 2.05) is 19.1 Å². The minimum atomic E-state index is -0.763. The Bertz CT molecular complexity index is 1230. The van der Waals surface area contributed by atoms with E-state index in [9.17, 15) is 14.3 Å². The summed E-state index contributed by atoms with van der Waals surface area (Å²) in [4.78, 5) is 24.8. The van der Waals surface area contributed by atoms with Crippen LogP contribution in [-0.2, 0) is 23.8 Å². The zero-order valence-corrected chi connectivity index (χ0v) is 21.0. The van der Waals surface area contributed by atoms with Crippen molar-refractivity contribution < 1.29 is 19.0 Å². The van der Waals surface area contributed by atoms with Gasteiger partial charge in [-0.05, 0) is 50.8 Å². The first-order valence-corrected chi connectivity index (χ1v) is 12.1. The van der Waals surface area contributed by atoms with Crippen LogP contribution in [0, 0.1) is 12.8 Å². The number of pyridine rings is 1. The number of anilines is 1. The Hall–Kier alpha value is -3.63. The second-order valence-corrected chi connectivity index (χ2v) is 9.87. The average Bonchev–Trinajstić information content (AvgIpc) is 3.24. The Kier molecular flexibility index (Phi) is 7.46. The number of carbonyl (C=O) groups is 1. The number of aryl methyl sites for hydroxylation is 2. The molecule has 4 rings (SSSR count). The lowest BCUT2D eigenvalue weighted by Crippen LogP contribution is -2.29. The lowest BCUT2D eigenvalue weighted by molar-refractivity contribution is -0.143. The van der Waals surface area contributed by atoms with Gasteiger partial charge in [0.05, 0.1) is 41.3 Å². The Morgan fingerprint density at radius 1 is 1.28 bits per heavy atom. The Morgan fingerprint density at radius 3 is 2.81 bits per heavy atom. The molecule has 1 saturated carbocycles. The standard InChI is InChI=1S/C25H32FN7O3/c1-15-20(36-17-7-5-6-16(12-17)23(34)35)9-8-18(29-15)22-19(33(4)32-31-22)13-28-24-27-11-10-21(30-24)25(2,3)14-26/h8-11,16-17H,5-7,12-14H2,1-4H3,(H,34,35)(H,27,28,30)/t16-,17-/m0/s1. The van der Waals surface area contributed by atoms with Crippen molar-refractivity contribution in [1.82, 2.24) is 29.9 Å². The number of ether oxygens (including phenoxy) is 1. The Morgan fingerprint density at radius 2 is 2.08 bits per heavy atom. The van der Waals surface area contributed by atoms with E-state index < -0.39 is 18.1 Å². The summed E-state index contributed by atoms with van der Waals surface area (Å²) < 4.78 is 21.2. The van der Waals surface area contributed by atoms with Crippen LogP contribution in [0.1, 0.15) is 56.6 Å². The van der Waals surface area contributed by atoms with Gasteiger partial charge in [-0.2, -0.15) is 0 Å². The van der Waals surface area contributed by atoms with Gasteiger partial charge < -0.3 is 15.2 Å². The van der Waals surface area contributed by atoms with Gasteiger partial charge in [-0.25, -0.2) is 19.6 Å². The van der Waals surface area contributed by atoms with Crippen LogP contribution in [0.4, 0.5) is 10.3 Å². The van der Waals surface area contributed by atoms with E-state index in [1.165, 1.54) is 0 Å². The fourth-order valence-corrected chi connectivity index (χ4v) is 4.29. The van der Waals surface area contributed by atoms with E-state index in [-0.39, 0.29) is 12.0 Å². The van der Waals surface area contributed by atoms with Crippen LogP contribution in [-0.4, -0.2) is 53.8 Å². The molecule has 2 N–H and O–H groups in total. The van der Waals surface area contributed by atoms with E-state index >= 15 is 0 Å². The molecular formula is C25H32FN7O3. The number of rotatable bonds is 9. The van der Waals surface area contributed by atoms with Crippen LogP contribution in [0.5, 0.6) is 5.75 Å². The van der Waals surface area contributed by atoms with Gasteiger partial charge in [-0.15, -0.1) is 5.10 Å². The summed E-state index contributed by atoms with van der Waals surface area (Å²) in [5, 5.41) is 21.0. The molecule has 0 amide bonds. The summed E-state index contributed by atoms with van der Waals surface area (Å²) >= 11 is 0. The first-order valence-electron chi connectivity index (χ1n) is 12.1. The number of aromatic nitrogens is 6. The van der Waals surface area contributed by atoms with Gasteiger partial charge in [-0.1, -0.05) is 19.1 Å². The van der Waals surface area contributed by atoms with E-state index in [0.717, 1.165) is 18.5 Å². The predicted molar refractivity (Wildman–Crippen MR) is 131 cm³/mol. The summed E-state index contributed by atoms with van der Waals surface area (Å²) in [6.07, 6.45) is 4.33. The minimum Gasteiger partial charge on any atom is -0.489 e. The molecule has 0 saturated heterocycles. The van der Waals surface area contributed by atoms with Crippen molar-refractivity contribution in [2.75, 3.05) is 12.0 Å². The van der Waals surface area contributed by atoms with Crippen molar-refractivity contribution in [3.05, 3.63) is 41.5 Å². The molecule has 3 heterocycles. The second-order valence-electron chi connectivity index (χ2n) is 9.87. The SMILES string of the molecule is Cc1nc(-c2nnn(C)c2CNc2nccc(C(C)(C)CF)n2)ccc1O[C@H]1CCC[C@H](C(=O)O)C1. The molecule has 1 fully saturated rings. The molecule has 1 aliphatic rings. The Balaban J connectivity index is 1.48. The third kappa shape index (κ3) is 5.60. The number of halogens is 1. The lowest BCUT2D eigenvalue weighted by Gasteiger charge is -2.27. The maximum Gasteiger partial charge on any atom is 0.306 e. The minimum absolute atomic E-state index is 0.138. The summed E-state index contributed by atoms with van der Waals surface area (Å²) in [5.41, 5.74) is 2.65. The number of aliphatic carboxylic acids is 1. The third-order valence-electron chi connectivity index (χ3n) is 6.59. The number of hydrogen-bond acceptors (Lipinski definition) is 8. The number of carboxylic acid groups (broad SMARTS) is 1. The molecule has 2 atom stereocenters. The molecule has 11 heteroatoms. The van der Waals surface area contributed by atoms with Crippen molar-refractivity contribution in [2.24, 2.45) is 13.0 Å². The average molecular weight is 498 g/mol. The highest BCUT2D eigenvalue weighted by atomic mass is 19.1. The number of nitrogens with zero attached hydrogens (tertiary/aromatic N) is 6. The largest absolute Gasteiger partial charge is 0.489 e. The number of nitrogens with one attached hydrogen (secondary N) is 1. The summed E-state index contributed by atoms with van der Waals surface area (Å²) in [6.45, 7) is 5.27. The van der Waals surface area contributed by atoms with Crippen molar-refractivity contribution in [2.45, 2.75) is 64.5 Å². The monoisotopic (exact) mass is 497 g/mol. The third-order valence-corrected chi connectivity index (χ3v) is 6.59. The second kappa shape index (κ2) is 10.5. The summed E-state index contributed by atoms with van der Waals surface area (Å²) in [6, 6.07) is 5.39. The van der Waals surface area contributed by atoms with Crippen LogP contribution in [0.2, 0.25) is 0 Å². The Labute approximate surface area is 209 Å². The molecule has 3 aromatic rings. The highest BCUT2D eigenvalue weighted by Gasteiger charge is 2.28. The number of hydrogen-bond donors (Lipinski definition) is 2. The highest BCUT2D eigenvalue weighted by molar-refractivity contribution is 5.70. The fraction of sp³-hybridized carbons (Fsp3) is 0.520. The van der Waals surface area contributed by atoms with Crippen molar-refractivity contribution in [1.29, 1.82) is 0 Å². The molecule has 0 aliphatic heterocycles. The van der Waals surface area contributed by atoms with Gasteiger partial charge in [0.2, 0.25) is 5.95 Å². The van der Waals surface area contributed by atoms with Gasteiger partial charge >= 0.3 is 5.97 Å². The van der Waals surface area contributed by atoms with Crippen molar-refractivity contribution in [3.8, 4) is 17.1 Å². The van der Waals surface area contributed by atoms with E-state index in [2.05, 4.69) is 25.6 Å². The summed E-state index contributed by atoms with van der Waals surface area (Å²) in [5.74, 6) is -0.0977. The number of alkyl halides is 1. The molecule has 3 aromatic heterocycles. The van der Waals surface area contributed by atoms with Gasteiger partial charge in [0.25, 0.3) is 0 Å². The topological polar surface area (TPSA) is 128 Å². The van der Waals surface area contributed by atoms with Crippen molar-refractivity contribution in [3.63, 3.8) is 0 Å². The first-order chi connectivity index (χ1) is 17.2. The van der Waals surface area contributed by atoms with Gasteiger partial charge in [0, 0.05) is 18.7 Å². The normalized spacial score (nSPS) is 18.1. The zero-order valence-electron chi connectivity index (χ0n) is 21.0. The van der Waals surface area contributed by atoms with Gasteiger partial charge in [0.1, 0.15) is 18.1 Å². The smallest absolute Gasteiger partial charge is 0.306 e. The molecule has 1 aliphatic carbocycles. The predicted octanol–water partition coefficient (Wildman–Crippen LogP) is 3.86. The molecule has 0 unspecified atom stereocenters. The first kappa shape index (κ1) is 25.5. The quantitative estimate of drug-likeness (QED) is 0.453. The van der Waals surface area contributed by atoms with Crippen LogP contribution in [0.3, 0.4) is 0 Å². The van der Waals surface area contributed by atoms with E-state index in [4.69, 9.17) is 9.72 Å². The lowest BCUT2D eigenvalue weighted by atomic mass is 9.87. The number of carboxylic acids is 1. The van der Waals surface area contributed by atoms with Crippen LogP contribution in [0.15, 0.2) is 24.4 Å². The van der Waals surface area contributed by atoms with Gasteiger partial charge in [0.15, 0.2) is 0 Å². The maximum absolute atomic E-state index is 13.4. The molecule has 10 nitrogen and oxygen atoms in total. The van der Waals surface area contributed by atoms with E-state index in [1.54, 1.807) is 37.8 Å². The molecular weight excluding hydrogens is 465 g/mol. The fourth-order valence-electron chi connectivity index (χ4n) is 4.29. The molecule has 192 valence electrons. The van der Waals surface area contributed by atoms with Crippen LogP contribution in [0.25, 0.3) is 11.4 Å². The van der Waals surface area contributed by atoms with Crippen molar-refractivity contribution >= 4 is 11.9 Å². The van der Waals surface area contributed by atoms with Crippen LogP contribution < -0.4 is 10.1 Å². The highest BCUT2D eigenvalue weighted by Crippen LogP contribution is 2.30. The molecule has 0 radical (unpaired) electrons. The molecule has 36 heavy (non-hydrogen) atoms. The summed E-state index contributed by atoms with van der Waals surface area (Å²) in [7, 11) is 1.79. The van der Waals surface area contributed by atoms with Gasteiger partial charge in [-0.3, -0.25) is 9.18 Å². The zero-order chi connectivity index (χ0) is 25.9.